The van der Waals surface area contributed by atoms with E-state index in [9.17, 15) is 9.18 Å². The first-order valence-corrected chi connectivity index (χ1v) is 6.77. The minimum atomic E-state index is -0.484. The van der Waals surface area contributed by atoms with Gasteiger partial charge in [0.05, 0.1) is 18.5 Å². The highest BCUT2D eigenvalue weighted by Gasteiger charge is 2.11. The van der Waals surface area contributed by atoms with Crippen molar-refractivity contribution in [3.63, 3.8) is 0 Å². The molecule has 0 bridgehead atoms. The molecule has 0 unspecified atom stereocenters. The molecule has 0 aliphatic heterocycles. The first-order valence-electron chi connectivity index (χ1n) is 6.77. The quantitative estimate of drug-likeness (QED) is 0.888. The van der Waals surface area contributed by atoms with E-state index in [1.807, 2.05) is 6.92 Å². The van der Waals surface area contributed by atoms with Crippen LogP contribution in [0.25, 0.3) is 0 Å². The Balaban J connectivity index is 2.32. The molecule has 6 nitrogen and oxygen atoms in total. The highest BCUT2D eigenvalue weighted by atomic mass is 19.1. The number of halogens is 1. The predicted molar refractivity (Wildman–Crippen MR) is 81.9 cm³/mol. The van der Waals surface area contributed by atoms with Crippen molar-refractivity contribution in [3.8, 4) is 5.75 Å². The van der Waals surface area contributed by atoms with Gasteiger partial charge >= 0.3 is 0 Å². The van der Waals surface area contributed by atoms with Gasteiger partial charge in [0.15, 0.2) is 11.6 Å². The van der Waals surface area contributed by atoms with Crippen LogP contribution in [-0.2, 0) is 11.2 Å². The standard InChI is InChI=1S/C15H17FN4O2/c1-4-11-14(16)15(18-8-17-11)20-10-5-6-13(22-3)12(7-10)19-9(2)21/h5-8H,4H2,1-3H3,(H,19,21)(H,17,18,20). The average molecular weight is 304 g/mol. The van der Waals surface area contributed by atoms with E-state index in [0.717, 1.165) is 0 Å². The van der Waals surface area contributed by atoms with Crippen LogP contribution in [0, 0.1) is 5.82 Å². The van der Waals surface area contributed by atoms with E-state index in [2.05, 4.69) is 20.6 Å². The second kappa shape index (κ2) is 6.84. The Kier molecular flexibility index (Phi) is 4.88. The van der Waals surface area contributed by atoms with Gasteiger partial charge in [0.25, 0.3) is 0 Å². The number of nitrogens with zero attached hydrogens (tertiary/aromatic N) is 2. The number of carbonyl (C=O) groups excluding carboxylic acids is 1. The summed E-state index contributed by atoms with van der Waals surface area (Å²) in [4.78, 5) is 19.0. The van der Waals surface area contributed by atoms with Gasteiger partial charge in [-0.05, 0) is 24.6 Å². The van der Waals surface area contributed by atoms with Gasteiger partial charge in [-0.1, -0.05) is 6.92 Å². The molecule has 1 amide bonds. The van der Waals surface area contributed by atoms with Crippen LogP contribution in [0.5, 0.6) is 5.75 Å². The number of hydrogen-bond acceptors (Lipinski definition) is 5. The number of amides is 1. The fourth-order valence-corrected chi connectivity index (χ4v) is 1.95. The topological polar surface area (TPSA) is 76.1 Å². The molecule has 116 valence electrons. The molecule has 0 spiro atoms. The number of anilines is 3. The van der Waals surface area contributed by atoms with Crippen molar-refractivity contribution >= 4 is 23.1 Å². The van der Waals surface area contributed by atoms with Gasteiger partial charge < -0.3 is 15.4 Å². The first kappa shape index (κ1) is 15.7. The van der Waals surface area contributed by atoms with E-state index in [1.165, 1.54) is 20.4 Å². The summed E-state index contributed by atoms with van der Waals surface area (Å²) in [6.45, 7) is 3.22. The Labute approximate surface area is 127 Å². The van der Waals surface area contributed by atoms with Crippen LogP contribution in [0.3, 0.4) is 0 Å². The minimum absolute atomic E-state index is 0.0887. The van der Waals surface area contributed by atoms with Crippen molar-refractivity contribution in [2.24, 2.45) is 0 Å². The molecule has 0 saturated carbocycles. The number of nitrogens with one attached hydrogen (secondary N) is 2. The number of ether oxygens (including phenoxy) is 1. The largest absolute Gasteiger partial charge is 0.495 e. The molecule has 2 aromatic rings. The predicted octanol–water partition coefficient (Wildman–Crippen LogP) is 2.89. The van der Waals surface area contributed by atoms with E-state index < -0.39 is 5.82 Å². The zero-order valence-electron chi connectivity index (χ0n) is 12.6. The van der Waals surface area contributed by atoms with Crippen LogP contribution < -0.4 is 15.4 Å². The number of aromatic nitrogens is 2. The maximum absolute atomic E-state index is 14.1. The Hall–Kier alpha value is -2.70. The summed E-state index contributed by atoms with van der Waals surface area (Å²) in [5, 5.41) is 5.54. The highest BCUT2D eigenvalue weighted by Crippen LogP contribution is 2.29. The molecule has 0 fully saturated rings. The molecule has 7 heteroatoms. The molecule has 1 aromatic heterocycles. The van der Waals surface area contributed by atoms with Crippen LogP contribution in [0.15, 0.2) is 24.5 Å². The van der Waals surface area contributed by atoms with Crippen LogP contribution in [0.4, 0.5) is 21.6 Å². The Morgan fingerprint density at radius 2 is 2.14 bits per heavy atom. The first-order chi connectivity index (χ1) is 10.5. The molecule has 22 heavy (non-hydrogen) atoms. The van der Waals surface area contributed by atoms with Gasteiger partial charge in [0, 0.05) is 12.6 Å². The molecule has 0 aliphatic rings. The summed E-state index contributed by atoms with van der Waals surface area (Å²) in [5.41, 5.74) is 1.41. The molecule has 0 radical (unpaired) electrons. The number of aryl methyl sites for hydroxylation is 1. The van der Waals surface area contributed by atoms with Crippen molar-refractivity contribution in [1.82, 2.24) is 9.97 Å². The Morgan fingerprint density at radius 1 is 1.36 bits per heavy atom. The van der Waals surface area contributed by atoms with Crippen molar-refractivity contribution in [3.05, 3.63) is 36.0 Å². The minimum Gasteiger partial charge on any atom is -0.495 e. The van der Waals surface area contributed by atoms with Crippen LogP contribution in [-0.4, -0.2) is 23.0 Å². The van der Waals surface area contributed by atoms with Crippen molar-refractivity contribution in [2.45, 2.75) is 20.3 Å². The van der Waals surface area contributed by atoms with E-state index >= 15 is 0 Å². The maximum Gasteiger partial charge on any atom is 0.221 e. The summed E-state index contributed by atoms with van der Waals surface area (Å²) in [5.74, 6) is -0.109. The van der Waals surface area contributed by atoms with Gasteiger partial charge in [-0.2, -0.15) is 0 Å². The highest BCUT2D eigenvalue weighted by molar-refractivity contribution is 5.91. The lowest BCUT2D eigenvalue weighted by Crippen LogP contribution is -2.08. The summed E-state index contributed by atoms with van der Waals surface area (Å²) in [6, 6.07) is 5.03. The van der Waals surface area contributed by atoms with E-state index in [-0.39, 0.29) is 11.7 Å². The summed E-state index contributed by atoms with van der Waals surface area (Å²) < 4.78 is 19.3. The van der Waals surface area contributed by atoms with Gasteiger partial charge in [-0.15, -0.1) is 0 Å². The second-order valence-electron chi connectivity index (χ2n) is 4.56. The summed E-state index contributed by atoms with van der Waals surface area (Å²) >= 11 is 0. The van der Waals surface area contributed by atoms with Gasteiger partial charge in [0.1, 0.15) is 12.1 Å². The molecule has 0 saturated heterocycles. The normalized spacial score (nSPS) is 10.2. The molecule has 1 heterocycles. The second-order valence-corrected chi connectivity index (χ2v) is 4.56. The average Bonchev–Trinajstić information content (AvgIpc) is 2.49. The SMILES string of the molecule is CCc1ncnc(Nc2ccc(OC)c(NC(C)=O)c2)c1F. The number of hydrogen-bond donors (Lipinski definition) is 2. The molecular formula is C15H17FN4O2. The van der Waals surface area contributed by atoms with E-state index in [4.69, 9.17) is 4.74 Å². The number of benzene rings is 1. The van der Waals surface area contributed by atoms with Crippen LogP contribution >= 0.6 is 0 Å². The lowest BCUT2D eigenvalue weighted by Gasteiger charge is -2.13. The number of carbonyl (C=O) groups is 1. The zero-order valence-corrected chi connectivity index (χ0v) is 12.6. The monoisotopic (exact) mass is 304 g/mol. The smallest absolute Gasteiger partial charge is 0.221 e. The van der Waals surface area contributed by atoms with Crippen molar-refractivity contribution in [1.29, 1.82) is 0 Å². The zero-order chi connectivity index (χ0) is 16.1. The van der Waals surface area contributed by atoms with Crippen molar-refractivity contribution in [2.75, 3.05) is 17.7 Å². The van der Waals surface area contributed by atoms with Crippen LogP contribution in [0.2, 0.25) is 0 Å². The molecular weight excluding hydrogens is 287 g/mol. The molecule has 0 aliphatic carbocycles. The van der Waals surface area contributed by atoms with E-state index in [0.29, 0.717) is 29.2 Å². The third-order valence-corrected chi connectivity index (χ3v) is 2.97. The fourth-order valence-electron chi connectivity index (χ4n) is 1.95. The van der Waals surface area contributed by atoms with Crippen LogP contribution in [0.1, 0.15) is 19.5 Å². The summed E-state index contributed by atoms with van der Waals surface area (Å²) in [7, 11) is 1.51. The number of rotatable bonds is 5. The van der Waals surface area contributed by atoms with Gasteiger partial charge in [-0.25, -0.2) is 14.4 Å². The Morgan fingerprint density at radius 3 is 2.77 bits per heavy atom. The van der Waals surface area contributed by atoms with Gasteiger partial charge in [0.2, 0.25) is 5.91 Å². The molecule has 0 atom stereocenters. The van der Waals surface area contributed by atoms with E-state index in [1.54, 1.807) is 18.2 Å². The fraction of sp³-hybridized carbons (Fsp3) is 0.267. The third kappa shape index (κ3) is 3.49. The molecule has 1 aromatic carbocycles. The maximum atomic E-state index is 14.1. The third-order valence-electron chi connectivity index (χ3n) is 2.97. The lowest BCUT2D eigenvalue weighted by atomic mass is 10.2. The summed E-state index contributed by atoms with van der Waals surface area (Å²) in [6.07, 6.45) is 1.78. The molecule has 2 N–H and O–H groups in total. The molecule has 2 rings (SSSR count). The number of methoxy groups -OCH3 is 1. The lowest BCUT2D eigenvalue weighted by molar-refractivity contribution is -0.114. The Bertz CT molecular complexity index is 691. The van der Waals surface area contributed by atoms with Crippen molar-refractivity contribution < 1.29 is 13.9 Å². The van der Waals surface area contributed by atoms with Gasteiger partial charge in [-0.3, -0.25) is 4.79 Å².